The van der Waals surface area contributed by atoms with Crippen molar-refractivity contribution >= 4 is 20.9 Å². The van der Waals surface area contributed by atoms with Gasteiger partial charge in [0.2, 0.25) is 0 Å². The van der Waals surface area contributed by atoms with Crippen molar-refractivity contribution in [3.05, 3.63) is 0 Å². The number of alkyl halides is 1. The third-order valence-corrected chi connectivity index (χ3v) is 4.24. The van der Waals surface area contributed by atoms with Crippen LogP contribution in [-0.2, 0) is 8.85 Å². The van der Waals surface area contributed by atoms with Crippen LogP contribution < -0.4 is 0 Å². The standard InChI is InChI=1S/C9H21ClO2Si/c1-5-7-11-13(9(3,4)10)12-8-6-2/h13H,5-8H2,1-4H3. The van der Waals surface area contributed by atoms with E-state index < -0.39 is 9.28 Å². The van der Waals surface area contributed by atoms with Crippen molar-refractivity contribution in [2.75, 3.05) is 13.2 Å². The molecule has 0 aliphatic carbocycles. The molecule has 0 amide bonds. The van der Waals surface area contributed by atoms with E-state index in [4.69, 9.17) is 20.5 Å². The highest BCUT2D eigenvalue weighted by atomic mass is 35.5. The van der Waals surface area contributed by atoms with E-state index >= 15 is 0 Å². The maximum Gasteiger partial charge on any atom is 0.342 e. The molecule has 4 heteroatoms. The van der Waals surface area contributed by atoms with E-state index in [0.717, 1.165) is 26.1 Å². The van der Waals surface area contributed by atoms with Gasteiger partial charge in [0, 0.05) is 13.2 Å². The monoisotopic (exact) mass is 224 g/mol. The highest BCUT2D eigenvalue weighted by Gasteiger charge is 2.32. The minimum absolute atomic E-state index is 0.315. The zero-order valence-electron chi connectivity index (χ0n) is 9.10. The maximum absolute atomic E-state index is 6.18. The van der Waals surface area contributed by atoms with Crippen molar-refractivity contribution in [3.8, 4) is 0 Å². The van der Waals surface area contributed by atoms with Gasteiger partial charge in [-0.2, -0.15) is 0 Å². The van der Waals surface area contributed by atoms with Gasteiger partial charge in [-0.05, 0) is 26.7 Å². The van der Waals surface area contributed by atoms with Gasteiger partial charge >= 0.3 is 9.28 Å². The molecule has 0 N–H and O–H groups in total. The van der Waals surface area contributed by atoms with Gasteiger partial charge in [0.25, 0.3) is 0 Å². The molecule has 0 aromatic heterocycles. The predicted molar refractivity (Wildman–Crippen MR) is 59.6 cm³/mol. The molecule has 0 atom stereocenters. The Labute approximate surface area is 88.4 Å². The van der Waals surface area contributed by atoms with Crippen LogP contribution in [-0.4, -0.2) is 27.0 Å². The molecule has 0 aliphatic heterocycles. The third-order valence-electron chi connectivity index (χ3n) is 1.51. The molecule has 0 aromatic rings. The summed E-state index contributed by atoms with van der Waals surface area (Å²) in [5, 5.41) is 0. The summed E-state index contributed by atoms with van der Waals surface area (Å²) in [6.07, 6.45) is 2.04. The molecular formula is C9H21ClO2Si. The van der Waals surface area contributed by atoms with Crippen molar-refractivity contribution in [3.63, 3.8) is 0 Å². The average molecular weight is 225 g/mol. The second-order valence-corrected chi connectivity index (χ2v) is 7.75. The largest absolute Gasteiger partial charge is 0.396 e. The summed E-state index contributed by atoms with van der Waals surface area (Å²) in [5.41, 5.74) is 0. The normalized spacial score (nSPS) is 12.5. The molecule has 0 aliphatic rings. The first-order valence-corrected chi connectivity index (χ1v) is 6.84. The minimum Gasteiger partial charge on any atom is -0.396 e. The lowest BCUT2D eigenvalue weighted by Gasteiger charge is -2.25. The van der Waals surface area contributed by atoms with Gasteiger partial charge in [-0.1, -0.05) is 13.8 Å². The number of hydrogen-bond donors (Lipinski definition) is 0. The Morgan fingerprint density at radius 1 is 1.08 bits per heavy atom. The van der Waals surface area contributed by atoms with Crippen molar-refractivity contribution in [2.24, 2.45) is 0 Å². The number of rotatable bonds is 7. The Balaban J connectivity index is 3.88. The van der Waals surface area contributed by atoms with Crippen molar-refractivity contribution < 1.29 is 8.85 Å². The molecule has 0 fully saturated rings. The smallest absolute Gasteiger partial charge is 0.342 e. The fourth-order valence-electron chi connectivity index (χ4n) is 0.894. The third kappa shape index (κ3) is 6.49. The fourth-order valence-corrected chi connectivity index (χ4v) is 3.06. The lowest BCUT2D eigenvalue weighted by Crippen LogP contribution is -2.41. The molecule has 2 nitrogen and oxygen atoms in total. The summed E-state index contributed by atoms with van der Waals surface area (Å²) in [6.45, 7) is 9.64. The zero-order chi connectivity index (χ0) is 10.3. The van der Waals surface area contributed by atoms with Gasteiger partial charge in [-0.25, -0.2) is 0 Å². The molecule has 80 valence electrons. The second kappa shape index (κ2) is 6.82. The first-order chi connectivity index (χ1) is 6.02. The van der Waals surface area contributed by atoms with Crippen LogP contribution in [0, 0.1) is 0 Å². The molecule has 0 unspecified atom stereocenters. The van der Waals surface area contributed by atoms with E-state index in [9.17, 15) is 0 Å². The van der Waals surface area contributed by atoms with Crippen LogP contribution >= 0.6 is 11.6 Å². The quantitative estimate of drug-likeness (QED) is 0.489. The molecule has 0 radical (unpaired) electrons. The van der Waals surface area contributed by atoms with Gasteiger partial charge in [-0.15, -0.1) is 11.6 Å². The summed E-state index contributed by atoms with van der Waals surface area (Å²) in [4.78, 5) is 0. The molecule has 13 heavy (non-hydrogen) atoms. The van der Waals surface area contributed by atoms with Crippen LogP contribution in [0.25, 0.3) is 0 Å². The van der Waals surface area contributed by atoms with E-state index in [-0.39, 0.29) is 4.50 Å². The highest BCUT2D eigenvalue weighted by molar-refractivity contribution is 6.62. The lowest BCUT2D eigenvalue weighted by molar-refractivity contribution is 0.187. The molecule has 0 aromatic carbocycles. The van der Waals surface area contributed by atoms with Crippen molar-refractivity contribution in [1.29, 1.82) is 0 Å². The van der Waals surface area contributed by atoms with Crippen molar-refractivity contribution in [2.45, 2.75) is 45.0 Å². The van der Waals surface area contributed by atoms with Crippen LogP contribution in [0.15, 0.2) is 0 Å². The van der Waals surface area contributed by atoms with E-state index in [1.54, 1.807) is 0 Å². The van der Waals surface area contributed by atoms with Crippen LogP contribution in [0.4, 0.5) is 0 Å². The molecule has 0 rings (SSSR count). The van der Waals surface area contributed by atoms with E-state index in [2.05, 4.69) is 13.8 Å². The molecule has 0 spiro atoms. The van der Waals surface area contributed by atoms with Crippen LogP contribution in [0.1, 0.15) is 40.5 Å². The SMILES string of the molecule is CCCO[SiH](OCCC)C(C)(C)Cl. The Morgan fingerprint density at radius 3 is 1.69 bits per heavy atom. The molecular weight excluding hydrogens is 204 g/mol. The summed E-state index contributed by atoms with van der Waals surface area (Å²) in [6, 6.07) is 0. The summed E-state index contributed by atoms with van der Waals surface area (Å²) >= 11 is 6.18. The Hall–Kier alpha value is 0.427. The Bertz CT molecular complexity index is 117. The Morgan fingerprint density at radius 2 is 1.46 bits per heavy atom. The number of halogens is 1. The van der Waals surface area contributed by atoms with E-state index in [0.29, 0.717) is 0 Å². The van der Waals surface area contributed by atoms with Crippen LogP contribution in [0.5, 0.6) is 0 Å². The molecule has 0 saturated carbocycles. The molecule has 0 saturated heterocycles. The van der Waals surface area contributed by atoms with E-state index in [1.165, 1.54) is 0 Å². The summed E-state index contributed by atoms with van der Waals surface area (Å²) in [5.74, 6) is 0. The predicted octanol–water partition coefficient (Wildman–Crippen LogP) is 2.62. The lowest BCUT2D eigenvalue weighted by atomic mass is 10.5. The topological polar surface area (TPSA) is 18.5 Å². The minimum atomic E-state index is -1.69. The van der Waals surface area contributed by atoms with Gasteiger partial charge < -0.3 is 8.85 Å². The van der Waals surface area contributed by atoms with Crippen molar-refractivity contribution in [1.82, 2.24) is 0 Å². The van der Waals surface area contributed by atoms with Crippen LogP contribution in [0.3, 0.4) is 0 Å². The van der Waals surface area contributed by atoms with Gasteiger partial charge in [0.05, 0.1) is 4.50 Å². The molecule has 0 heterocycles. The first kappa shape index (κ1) is 13.4. The van der Waals surface area contributed by atoms with Gasteiger partial charge in [-0.3, -0.25) is 0 Å². The summed E-state index contributed by atoms with van der Waals surface area (Å²) in [7, 11) is -1.69. The number of hydrogen-bond acceptors (Lipinski definition) is 2. The summed E-state index contributed by atoms with van der Waals surface area (Å²) < 4.78 is 11.0. The zero-order valence-corrected chi connectivity index (χ0v) is 11.0. The van der Waals surface area contributed by atoms with Crippen LogP contribution in [0.2, 0.25) is 0 Å². The van der Waals surface area contributed by atoms with Gasteiger partial charge in [0.1, 0.15) is 0 Å². The second-order valence-electron chi connectivity index (χ2n) is 3.64. The fraction of sp³-hybridized carbons (Fsp3) is 1.00. The van der Waals surface area contributed by atoms with E-state index in [1.807, 2.05) is 13.8 Å². The average Bonchev–Trinajstić information content (AvgIpc) is 2.02. The molecule has 0 bridgehead atoms. The maximum atomic E-state index is 6.18. The Kier molecular flexibility index (Phi) is 7.04. The highest BCUT2D eigenvalue weighted by Crippen LogP contribution is 2.19. The van der Waals surface area contributed by atoms with Gasteiger partial charge in [0.15, 0.2) is 0 Å². The first-order valence-electron chi connectivity index (χ1n) is 4.94.